The van der Waals surface area contributed by atoms with Crippen LogP contribution in [0.1, 0.15) is 0 Å². The fourth-order valence-electron chi connectivity index (χ4n) is 0.393. The molecule has 13 heavy (non-hydrogen) atoms. The molecule has 0 aromatic heterocycles. The van der Waals surface area contributed by atoms with E-state index in [1.165, 1.54) is 0 Å². The molecule has 0 aromatic carbocycles. The average molecular weight is 235 g/mol. The summed E-state index contributed by atoms with van der Waals surface area (Å²) >= 11 is 0. The smallest absolute Gasteiger partial charge is 0.210 e. The molecule has 0 unspecified atom stereocenters. The second kappa shape index (κ2) is 3.58. The van der Waals surface area contributed by atoms with Crippen molar-refractivity contribution >= 4 is 18.1 Å². The summed E-state index contributed by atoms with van der Waals surface area (Å²) in [6.45, 7) is 5.31. The molecule has 0 fully saturated rings. The van der Waals surface area contributed by atoms with Crippen molar-refractivity contribution in [3.05, 3.63) is 0 Å². The summed E-state index contributed by atoms with van der Waals surface area (Å²) in [7, 11) is -6.98. The van der Waals surface area contributed by atoms with Crippen molar-refractivity contribution < 1.29 is 21.6 Å². The molecule has 0 bridgehead atoms. The first kappa shape index (κ1) is 12.9. The number of hydrogen-bond acceptors (Lipinski definition) is 2. The largest absolute Gasteiger partial charge is 0.511 e. The maximum atomic E-state index is 11.8. The van der Waals surface area contributed by atoms with Gasteiger partial charge in [-0.1, -0.05) is 19.6 Å². The first-order chi connectivity index (χ1) is 5.46. The minimum Gasteiger partial charge on any atom is -0.210 e. The van der Waals surface area contributed by atoms with Crippen molar-refractivity contribution in [1.29, 1.82) is 0 Å². The van der Waals surface area contributed by atoms with Crippen LogP contribution in [0.3, 0.4) is 0 Å². The van der Waals surface area contributed by atoms with Gasteiger partial charge in [0, 0.05) is 6.17 Å². The van der Waals surface area contributed by atoms with Crippen LogP contribution in [0.5, 0.6) is 0 Å². The molecule has 0 aromatic rings. The Hall–Kier alpha value is -0.0831. The summed E-state index contributed by atoms with van der Waals surface area (Å²) in [6.07, 6.45) is -0.102. The van der Waals surface area contributed by atoms with Crippen molar-refractivity contribution in [3.8, 4) is 0 Å². The molecule has 80 valence electrons. The fourth-order valence-corrected chi connectivity index (χ4v) is 3.05. The summed E-state index contributed by atoms with van der Waals surface area (Å²) in [4.78, 5) is 0. The Balaban J connectivity index is 4.40. The van der Waals surface area contributed by atoms with E-state index in [4.69, 9.17) is 0 Å². The van der Waals surface area contributed by atoms with Gasteiger partial charge in [-0.25, -0.2) is 13.1 Å². The molecule has 0 aliphatic carbocycles. The van der Waals surface area contributed by atoms with E-state index in [2.05, 4.69) is 0 Å². The standard InChI is InChI=1S/C5H12F3NO2SSi/c1-13(2,3)4-9-12(10,11)5(6,7)8/h9H,4H2,1-3H3. The van der Waals surface area contributed by atoms with Gasteiger partial charge in [-0.05, 0) is 0 Å². The third kappa shape index (κ3) is 4.63. The van der Waals surface area contributed by atoms with Crippen molar-refractivity contribution in [3.63, 3.8) is 0 Å². The van der Waals surface area contributed by atoms with E-state index >= 15 is 0 Å². The topological polar surface area (TPSA) is 46.2 Å². The predicted octanol–water partition coefficient (Wildman–Crippen LogP) is 1.30. The highest BCUT2D eigenvalue weighted by Gasteiger charge is 2.45. The Kier molecular flexibility index (Phi) is 3.56. The number of rotatable bonds is 3. The number of nitrogens with one attached hydrogen (secondary N) is 1. The van der Waals surface area contributed by atoms with E-state index in [0.717, 1.165) is 0 Å². The molecule has 0 heterocycles. The van der Waals surface area contributed by atoms with Crippen molar-refractivity contribution in [1.82, 2.24) is 4.72 Å². The Morgan fingerprint density at radius 1 is 1.23 bits per heavy atom. The van der Waals surface area contributed by atoms with Gasteiger partial charge in [0.15, 0.2) is 0 Å². The third-order valence-corrected chi connectivity index (χ3v) is 3.72. The molecule has 0 spiro atoms. The van der Waals surface area contributed by atoms with Crippen LogP contribution in [-0.2, 0) is 10.0 Å². The highest BCUT2D eigenvalue weighted by molar-refractivity contribution is 7.90. The Labute approximate surface area is 76.4 Å². The minimum absolute atomic E-state index is 0.102. The van der Waals surface area contributed by atoms with Crippen LogP contribution in [0.2, 0.25) is 19.6 Å². The monoisotopic (exact) mass is 235 g/mol. The van der Waals surface area contributed by atoms with Crippen molar-refractivity contribution in [2.45, 2.75) is 25.1 Å². The van der Waals surface area contributed by atoms with Crippen molar-refractivity contribution in [2.75, 3.05) is 6.17 Å². The van der Waals surface area contributed by atoms with Gasteiger partial charge in [-0.2, -0.15) is 13.2 Å². The van der Waals surface area contributed by atoms with Gasteiger partial charge >= 0.3 is 15.5 Å². The summed E-state index contributed by atoms with van der Waals surface area (Å²) in [5.41, 5.74) is -5.20. The summed E-state index contributed by atoms with van der Waals surface area (Å²) < 4.78 is 57.8. The van der Waals surface area contributed by atoms with Crippen LogP contribution in [0.4, 0.5) is 13.2 Å². The second-order valence-corrected chi connectivity index (χ2v) is 11.1. The van der Waals surface area contributed by atoms with Crippen LogP contribution >= 0.6 is 0 Å². The summed E-state index contributed by atoms with van der Waals surface area (Å²) in [6, 6.07) is 0. The molecule has 1 N–H and O–H groups in total. The Bertz CT molecular complexity index is 266. The molecule has 0 rings (SSSR count). The van der Waals surface area contributed by atoms with Crippen LogP contribution < -0.4 is 4.72 Å². The lowest BCUT2D eigenvalue weighted by atomic mass is 11.5. The molecule has 0 radical (unpaired) electrons. The second-order valence-electron chi connectivity index (χ2n) is 3.83. The van der Waals surface area contributed by atoms with Gasteiger partial charge in [-0.15, -0.1) is 0 Å². The molecule has 0 saturated carbocycles. The van der Waals surface area contributed by atoms with E-state index in [0.29, 0.717) is 0 Å². The van der Waals surface area contributed by atoms with E-state index in [9.17, 15) is 21.6 Å². The van der Waals surface area contributed by atoms with Gasteiger partial charge in [0.1, 0.15) is 0 Å². The van der Waals surface area contributed by atoms with E-state index in [1.54, 1.807) is 24.4 Å². The lowest BCUT2D eigenvalue weighted by Crippen LogP contribution is -2.44. The minimum atomic E-state index is -5.20. The zero-order valence-electron chi connectivity index (χ0n) is 7.57. The summed E-state index contributed by atoms with van der Waals surface area (Å²) in [5, 5.41) is 0. The van der Waals surface area contributed by atoms with E-state index in [1.807, 2.05) is 0 Å². The molecule has 0 amide bonds. The van der Waals surface area contributed by atoms with Crippen LogP contribution in [0.25, 0.3) is 0 Å². The zero-order valence-corrected chi connectivity index (χ0v) is 9.38. The molecular weight excluding hydrogens is 223 g/mol. The first-order valence-electron chi connectivity index (χ1n) is 3.52. The molecule has 0 aliphatic rings. The van der Waals surface area contributed by atoms with E-state index < -0.39 is 23.6 Å². The molecule has 0 atom stereocenters. The predicted molar refractivity (Wildman–Crippen MR) is 46.3 cm³/mol. The lowest BCUT2D eigenvalue weighted by molar-refractivity contribution is -0.0446. The van der Waals surface area contributed by atoms with Gasteiger partial charge in [0.05, 0.1) is 8.07 Å². The average Bonchev–Trinajstić information content (AvgIpc) is 1.79. The van der Waals surface area contributed by atoms with E-state index in [-0.39, 0.29) is 6.17 Å². The maximum Gasteiger partial charge on any atom is 0.511 e. The Morgan fingerprint density at radius 2 is 1.62 bits per heavy atom. The highest BCUT2D eigenvalue weighted by atomic mass is 32.2. The zero-order chi connectivity index (χ0) is 10.9. The normalized spacial score (nSPS) is 14.6. The van der Waals surface area contributed by atoms with Gasteiger partial charge in [0.2, 0.25) is 0 Å². The van der Waals surface area contributed by atoms with Gasteiger partial charge < -0.3 is 0 Å². The van der Waals surface area contributed by atoms with Crippen LogP contribution in [0.15, 0.2) is 0 Å². The molecule has 3 nitrogen and oxygen atoms in total. The SMILES string of the molecule is C[Si](C)(C)CNS(=O)(=O)C(F)(F)F. The molecule has 0 aliphatic heterocycles. The number of halogens is 3. The maximum absolute atomic E-state index is 11.8. The third-order valence-electron chi connectivity index (χ3n) is 1.10. The van der Waals surface area contributed by atoms with Gasteiger partial charge in [0.25, 0.3) is 0 Å². The van der Waals surface area contributed by atoms with Gasteiger partial charge in [-0.3, -0.25) is 0 Å². The van der Waals surface area contributed by atoms with Crippen molar-refractivity contribution in [2.24, 2.45) is 0 Å². The fraction of sp³-hybridized carbons (Fsp3) is 1.00. The van der Waals surface area contributed by atoms with Crippen LogP contribution in [-0.4, -0.2) is 28.2 Å². The number of sulfonamides is 1. The molecule has 0 saturated heterocycles. The quantitative estimate of drug-likeness (QED) is 0.749. The van der Waals surface area contributed by atoms with Crippen LogP contribution in [0, 0.1) is 0 Å². The lowest BCUT2D eigenvalue weighted by Gasteiger charge is -2.17. The number of hydrogen-bond donors (Lipinski definition) is 1. The highest BCUT2D eigenvalue weighted by Crippen LogP contribution is 2.21. The Morgan fingerprint density at radius 3 is 1.85 bits per heavy atom. The number of alkyl halides is 3. The molecular formula is C5H12F3NO2SSi. The first-order valence-corrected chi connectivity index (χ1v) is 8.71. The summed E-state index contributed by atoms with van der Waals surface area (Å²) in [5.74, 6) is 0. The molecule has 8 heteroatoms.